The lowest BCUT2D eigenvalue weighted by molar-refractivity contribution is 0.200. The first-order valence-corrected chi connectivity index (χ1v) is 10.8. The Morgan fingerprint density at radius 3 is 2.45 bits per heavy atom. The molecule has 0 amide bonds. The molecule has 8 heteroatoms. The number of fused-ring (bicyclic) bond motifs is 1. The summed E-state index contributed by atoms with van der Waals surface area (Å²) >= 11 is 0. The maximum atomic E-state index is 12.8. The summed E-state index contributed by atoms with van der Waals surface area (Å²) in [5.41, 5.74) is 1.19. The second kappa shape index (κ2) is 9.09. The Bertz CT molecular complexity index is 1120. The van der Waals surface area contributed by atoms with E-state index in [0.29, 0.717) is 11.0 Å². The summed E-state index contributed by atoms with van der Waals surface area (Å²) in [5, 5.41) is 0.583. The first-order valence-electron chi connectivity index (χ1n) is 9.32. The lowest BCUT2D eigenvalue weighted by atomic mass is 10.1. The Kier molecular flexibility index (Phi) is 6.74. The smallest absolute Gasteiger partial charge is 0.336 e. The van der Waals surface area contributed by atoms with E-state index in [4.69, 9.17) is 4.42 Å². The minimum absolute atomic E-state index is 0. The number of rotatable bonds is 5. The van der Waals surface area contributed by atoms with Crippen molar-refractivity contribution in [1.82, 2.24) is 9.62 Å². The SMILES string of the molecule is Cl.O=c1ccc2cc(S(=O)(=O)NC3CCN(Cc4ccccc4)CC3)ccc2o1. The number of hydrogen-bond acceptors (Lipinski definition) is 5. The van der Waals surface area contributed by atoms with E-state index >= 15 is 0 Å². The first kappa shape index (κ1) is 21.5. The van der Waals surface area contributed by atoms with E-state index in [1.807, 2.05) is 18.2 Å². The number of sulfonamides is 1. The van der Waals surface area contributed by atoms with E-state index in [1.54, 1.807) is 6.07 Å². The average Bonchev–Trinajstić information content (AvgIpc) is 2.69. The topological polar surface area (TPSA) is 79.6 Å². The van der Waals surface area contributed by atoms with Gasteiger partial charge >= 0.3 is 5.63 Å². The van der Waals surface area contributed by atoms with Crippen LogP contribution in [0.15, 0.2) is 74.8 Å². The molecule has 3 aromatic rings. The van der Waals surface area contributed by atoms with Crippen molar-refractivity contribution < 1.29 is 12.8 Å². The van der Waals surface area contributed by atoms with Crippen molar-refractivity contribution in [2.45, 2.75) is 30.3 Å². The highest BCUT2D eigenvalue weighted by atomic mass is 35.5. The largest absolute Gasteiger partial charge is 0.423 e. The molecule has 1 aliphatic heterocycles. The fourth-order valence-electron chi connectivity index (χ4n) is 3.56. The Balaban J connectivity index is 0.00000240. The number of nitrogens with zero attached hydrogens (tertiary/aromatic N) is 1. The summed E-state index contributed by atoms with van der Waals surface area (Å²) in [5.74, 6) is 0. The quantitative estimate of drug-likeness (QED) is 0.624. The Morgan fingerprint density at radius 2 is 1.72 bits per heavy atom. The fourth-order valence-corrected chi connectivity index (χ4v) is 4.90. The number of nitrogens with one attached hydrogen (secondary N) is 1. The predicted molar refractivity (Wildman–Crippen MR) is 115 cm³/mol. The van der Waals surface area contributed by atoms with Crippen LogP contribution in [0.5, 0.6) is 0 Å². The number of hydrogen-bond donors (Lipinski definition) is 1. The van der Waals surface area contributed by atoms with Crippen LogP contribution in [0.1, 0.15) is 18.4 Å². The molecule has 6 nitrogen and oxygen atoms in total. The van der Waals surface area contributed by atoms with Gasteiger partial charge in [0.15, 0.2) is 0 Å². The molecule has 4 rings (SSSR count). The van der Waals surface area contributed by atoms with Gasteiger partial charge in [-0.25, -0.2) is 17.9 Å². The third kappa shape index (κ3) is 5.25. The van der Waals surface area contributed by atoms with Gasteiger partial charge in [0.25, 0.3) is 0 Å². The van der Waals surface area contributed by atoms with E-state index in [9.17, 15) is 13.2 Å². The van der Waals surface area contributed by atoms with Crippen LogP contribution >= 0.6 is 12.4 Å². The minimum Gasteiger partial charge on any atom is -0.423 e. The molecular weight excluding hydrogens is 412 g/mol. The summed E-state index contributed by atoms with van der Waals surface area (Å²) in [4.78, 5) is 13.8. The predicted octanol–water partition coefficient (Wildman–Crippen LogP) is 3.16. The van der Waals surface area contributed by atoms with Crippen LogP contribution in [0, 0.1) is 0 Å². The summed E-state index contributed by atoms with van der Waals surface area (Å²) in [6.45, 7) is 2.59. The van der Waals surface area contributed by atoms with Gasteiger partial charge in [-0.15, -0.1) is 12.4 Å². The fraction of sp³-hybridized carbons (Fsp3) is 0.286. The third-order valence-electron chi connectivity index (χ3n) is 5.06. The third-order valence-corrected chi connectivity index (χ3v) is 6.58. The number of halogens is 1. The van der Waals surface area contributed by atoms with Crippen molar-refractivity contribution in [2.24, 2.45) is 0 Å². The van der Waals surface area contributed by atoms with Crippen LogP contribution in [-0.2, 0) is 16.6 Å². The maximum Gasteiger partial charge on any atom is 0.336 e. The molecule has 0 atom stereocenters. The molecule has 1 fully saturated rings. The van der Waals surface area contributed by atoms with Crippen molar-refractivity contribution in [1.29, 1.82) is 0 Å². The van der Waals surface area contributed by atoms with Gasteiger partial charge in [-0.05, 0) is 42.7 Å². The molecule has 2 heterocycles. The standard InChI is InChI=1S/C21H22N2O4S.ClH/c24-21-9-6-17-14-19(7-8-20(17)27-21)28(25,26)22-18-10-12-23(13-11-18)15-16-4-2-1-3-5-16;/h1-9,14,18,22H,10-13,15H2;1H. The van der Waals surface area contributed by atoms with Crippen LogP contribution in [0.4, 0.5) is 0 Å². The zero-order valence-electron chi connectivity index (χ0n) is 15.8. The summed E-state index contributed by atoms with van der Waals surface area (Å²) in [7, 11) is -3.63. The van der Waals surface area contributed by atoms with Gasteiger partial charge in [-0.1, -0.05) is 30.3 Å². The number of benzene rings is 2. The van der Waals surface area contributed by atoms with Gasteiger partial charge in [0, 0.05) is 37.1 Å². The number of likely N-dealkylation sites (tertiary alicyclic amines) is 1. The molecule has 0 aliphatic carbocycles. The van der Waals surface area contributed by atoms with Gasteiger partial charge < -0.3 is 4.42 Å². The molecule has 1 saturated heterocycles. The Hall–Kier alpha value is -2.19. The molecule has 0 saturated carbocycles. The highest BCUT2D eigenvalue weighted by molar-refractivity contribution is 7.89. The van der Waals surface area contributed by atoms with Crippen molar-refractivity contribution in [3.8, 4) is 0 Å². The van der Waals surface area contributed by atoms with Crippen LogP contribution in [0.25, 0.3) is 11.0 Å². The van der Waals surface area contributed by atoms with Crippen LogP contribution in [-0.4, -0.2) is 32.4 Å². The Morgan fingerprint density at radius 1 is 1.00 bits per heavy atom. The van der Waals surface area contributed by atoms with Gasteiger partial charge in [0.2, 0.25) is 10.0 Å². The van der Waals surface area contributed by atoms with Gasteiger partial charge in [0.05, 0.1) is 4.90 Å². The Labute approximate surface area is 176 Å². The minimum atomic E-state index is -3.63. The lowest BCUT2D eigenvalue weighted by Gasteiger charge is -2.32. The van der Waals surface area contributed by atoms with E-state index in [0.717, 1.165) is 32.5 Å². The van der Waals surface area contributed by atoms with E-state index in [2.05, 4.69) is 21.8 Å². The van der Waals surface area contributed by atoms with Crippen molar-refractivity contribution in [3.05, 3.63) is 76.6 Å². The molecule has 0 spiro atoms. The van der Waals surface area contributed by atoms with E-state index < -0.39 is 15.6 Å². The normalized spacial score (nSPS) is 15.9. The van der Waals surface area contributed by atoms with E-state index in [1.165, 1.54) is 29.8 Å². The average molecular weight is 435 g/mol. The molecular formula is C21H23ClN2O4S. The zero-order chi connectivity index (χ0) is 19.6. The summed E-state index contributed by atoms with van der Waals surface area (Å²) in [6, 6.07) is 17.6. The molecule has 2 aromatic carbocycles. The summed E-state index contributed by atoms with van der Waals surface area (Å²) in [6.07, 6.45) is 1.54. The van der Waals surface area contributed by atoms with Gasteiger partial charge in [0.1, 0.15) is 5.58 Å². The van der Waals surface area contributed by atoms with Crippen LogP contribution in [0.2, 0.25) is 0 Å². The molecule has 0 bridgehead atoms. The molecule has 1 N–H and O–H groups in total. The monoisotopic (exact) mass is 434 g/mol. The number of piperidine rings is 1. The van der Waals surface area contributed by atoms with Crippen molar-refractivity contribution in [3.63, 3.8) is 0 Å². The van der Waals surface area contributed by atoms with E-state index in [-0.39, 0.29) is 23.3 Å². The maximum absolute atomic E-state index is 12.8. The molecule has 1 aliphatic rings. The molecule has 154 valence electrons. The molecule has 0 unspecified atom stereocenters. The highest BCUT2D eigenvalue weighted by Crippen LogP contribution is 2.20. The molecule has 0 radical (unpaired) electrons. The van der Waals surface area contributed by atoms with Crippen molar-refractivity contribution >= 4 is 33.4 Å². The molecule has 1 aromatic heterocycles. The van der Waals surface area contributed by atoms with Gasteiger partial charge in [-0.2, -0.15) is 0 Å². The second-order valence-corrected chi connectivity index (χ2v) is 8.83. The van der Waals surface area contributed by atoms with Crippen LogP contribution < -0.4 is 10.3 Å². The van der Waals surface area contributed by atoms with Crippen LogP contribution in [0.3, 0.4) is 0 Å². The summed E-state index contributed by atoms with van der Waals surface area (Å²) < 4.78 is 33.4. The molecule has 29 heavy (non-hydrogen) atoms. The first-order chi connectivity index (χ1) is 13.5. The lowest BCUT2D eigenvalue weighted by Crippen LogP contribution is -2.44. The van der Waals surface area contributed by atoms with Gasteiger partial charge in [-0.3, -0.25) is 4.90 Å². The highest BCUT2D eigenvalue weighted by Gasteiger charge is 2.25. The zero-order valence-corrected chi connectivity index (χ0v) is 17.4. The van der Waals surface area contributed by atoms with Crippen molar-refractivity contribution in [2.75, 3.05) is 13.1 Å². The second-order valence-electron chi connectivity index (χ2n) is 7.11.